The molecule has 1 unspecified atom stereocenters. The van der Waals surface area contributed by atoms with Gasteiger partial charge < -0.3 is 5.32 Å². The number of rotatable bonds is 6. The minimum atomic E-state index is -0.221. The predicted molar refractivity (Wildman–Crippen MR) is 84.1 cm³/mol. The van der Waals surface area contributed by atoms with Crippen LogP contribution in [0.15, 0.2) is 24.3 Å². The SMILES string of the molecule is CCCNC(Cc1cc(Cl)ccc1F)c1cc(C)nn1C. The molecule has 1 N–H and O–H groups in total. The summed E-state index contributed by atoms with van der Waals surface area (Å²) in [5.74, 6) is -0.221. The second-order valence-corrected chi connectivity index (χ2v) is 5.72. The Hall–Kier alpha value is -1.39. The number of aryl methyl sites for hydroxylation is 2. The van der Waals surface area contributed by atoms with Crippen LogP contribution in [0.2, 0.25) is 5.02 Å². The maximum atomic E-state index is 14.0. The molecule has 1 aromatic heterocycles. The molecule has 0 saturated heterocycles. The Morgan fingerprint density at radius 3 is 2.76 bits per heavy atom. The minimum absolute atomic E-state index is 0.0177. The van der Waals surface area contributed by atoms with Crippen molar-refractivity contribution < 1.29 is 4.39 Å². The highest BCUT2D eigenvalue weighted by atomic mass is 35.5. The monoisotopic (exact) mass is 309 g/mol. The lowest BCUT2D eigenvalue weighted by molar-refractivity contribution is 0.482. The number of hydrogen-bond donors (Lipinski definition) is 1. The molecule has 21 heavy (non-hydrogen) atoms. The normalized spacial score (nSPS) is 12.6. The maximum Gasteiger partial charge on any atom is 0.126 e. The summed E-state index contributed by atoms with van der Waals surface area (Å²) in [4.78, 5) is 0. The van der Waals surface area contributed by atoms with Crippen molar-refractivity contribution in [3.05, 3.63) is 52.1 Å². The molecule has 0 radical (unpaired) electrons. The quantitative estimate of drug-likeness (QED) is 0.879. The molecule has 2 aromatic rings. The Morgan fingerprint density at radius 2 is 2.14 bits per heavy atom. The first-order chi connectivity index (χ1) is 10.0. The molecule has 0 amide bonds. The van der Waals surface area contributed by atoms with Crippen molar-refractivity contribution in [2.45, 2.75) is 32.7 Å². The van der Waals surface area contributed by atoms with Crippen LogP contribution in [0.3, 0.4) is 0 Å². The summed E-state index contributed by atoms with van der Waals surface area (Å²) in [5.41, 5.74) is 2.64. The van der Waals surface area contributed by atoms with Gasteiger partial charge in [-0.15, -0.1) is 0 Å². The van der Waals surface area contributed by atoms with Crippen molar-refractivity contribution in [2.24, 2.45) is 7.05 Å². The van der Waals surface area contributed by atoms with Gasteiger partial charge in [0.15, 0.2) is 0 Å². The van der Waals surface area contributed by atoms with Gasteiger partial charge in [0.25, 0.3) is 0 Å². The topological polar surface area (TPSA) is 29.9 Å². The van der Waals surface area contributed by atoms with E-state index in [-0.39, 0.29) is 11.9 Å². The number of nitrogens with one attached hydrogen (secondary N) is 1. The summed E-state index contributed by atoms with van der Waals surface area (Å²) in [5, 5.41) is 8.40. The van der Waals surface area contributed by atoms with Crippen molar-refractivity contribution in [2.75, 3.05) is 6.54 Å². The molecule has 0 fully saturated rings. The first kappa shape index (κ1) is 16.0. The van der Waals surface area contributed by atoms with E-state index in [0.717, 1.165) is 24.4 Å². The average molecular weight is 310 g/mol. The van der Waals surface area contributed by atoms with Gasteiger partial charge in [0, 0.05) is 12.1 Å². The Morgan fingerprint density at radius 1 is 1.38 bits per heavy atom. The molecule has 0 aliphatic carbocycles. The third-order valence-electron chi connectivity index (χ3n) is 3.47. The maximum absolute atomic E-state index is 14.0. The lowest BCUT2D eigenvalue weighted by Crippen LogP contribution is -2.26. The van der Waals surface area contributed by atoms with E-state index >= 15 is 0 Å². The van der Waals surface area contributed by atoms with Crippen LogP contribution in [-0.2, 0) is 13.5 Å². The molecular formula is C16H21ClFN3. The molecule has 0 bridgehead atoms. The molecule has 1 aromatic carbocycles. The third kappa shape index (κ3) is 4.05. The van der Waals surface area contributed by atoms with Gasteiger partial charge >= 0.3 is 0 Å². The van der Waals surface area contributed by atoms with Gasteiger partial charge in [-0.05, 0) is 56.1 Å². The van der Waals surface area contributed by atoms with Crippen LogP contribution in [0, 0.1) is 12.7 Å². The molecule has 0 aliphatic heterocycles. The lowest BCUT2D eigenvalue weighted by Gasteiger charge is -2.19. The number of halogens is 2. The van der Waals surface area contributed by atoms with Crippen molar-refractivity contribution in [3.8, 4) is 0 Å². The summed E-state index contributed by atoms with van der Waals surface area (Å²) in [6, 6.07) is 6.74. The molecule has 3 nitrogen and oxygen atoms in total. The van der Waals surface area contributed by atoms with E-state index in [1.165, 1.54) is 6.07 Å². The van der Waals surface area contributed by atoms with Crippen molar-refractivity contribution in [3.63, 3.8) is 0 Å². The lowest BCUT2D eigenvalue weighted by atomic mass is 10.0. The number of benzene rings is 1. The van der Waals surface area contributed by atoms with Crippen LogP contribution in [0.5, 0.6) is 0 Å². The third-order valence-corrected chi connectivity index (χ3v) is 3.70. The van der Waals surface area contributed by atoms with Crippen LogP contribution in [0.25, 0.3) is 0 Å². The Balaban J connectivity index is 2.28. The van der Waals surface area contributed by atoms with Gasteiger partial charge in [-0.3, -0.25) is 4.68 Å². The zero-order valence-corrected chi connectivity index (χ0v) is 13.4. The van der Waals surface area contributed by atoms with E-state index < -0.39 is 0 Å². The molecule has 1 atom stereocenters. The second-order valence-electron chi connectivity index (χ2n) is 5.28. The molecule has 0 spiro atoms. The van der Waals surface area contributed by atoms with Gasteiger partial charge in [0.2, 0.25) is 0 Å². The van der Waals surface area contributed by atoms with E-state index in [9.17, 15) is 4.39 Å². The fraction of sp³-hybridized carbons (Fsp3) is 0.438. The van der Waals surface area contributed by atoms with E-state index in [1.807, 2.05) is 24.7 Å². The predicted octanol–water partition coefficient (Wildman–Crippen LogP) is 3.80. The molecule has 2 rings (SSSR count). The van der Waals surface area contributed by atoms with Crippen molar-refractivity contribution in [1.82, 2.24) is 15.1 Å². The molecule has 0 aliphatic rings. The zero-order valence-electron chi connectivity index (χ0n) is 12.7. The molecule has 5 heteroatoms. The summed E-state index contributed by atoms with van der Waals surface area (Å²) in [7, 11) is 1.91. The highest BCUT2D eigenvalue weighted by Gasteiger charge is 2.18. The smallest absolute Gasteiger partial charge is 0.126 e. The Bertz CT molecular complexity index is 610. The van der Waals surface area contributed by atoms with Gasteiger partial charge in [-0.2, -0.15) is 5.10 Å². The summed E-state index contributed by atoms with van der Waals surface area (Å²) in [6.45, 7) is 4.94. The van der Waals surface area contributed by atoms with Crippen LogP contribution in [0.4, 0.5) is 4.39 Å². The van der Waals surface area contributed by atoms with Gasteiger partial charge in [-0.25, -0.2) is 4.39 Å². The molecular weight excluding hydrogens is 289 g/mol. The van der Waals surface area contributed by atoms with Crippen LogP contribution in [-0.4, -0.2) is 16.3 Å². The largest absolute Gasteiger partial charge is 0.308 e. The summed E-state index contributed by atoms with van der Waals surface area (Å²) < 4.78 is 15.8. The highest BCUT2D eigenvalue weighted by Crippen LogP contribution is 2.23. The van der Waals surface area contributed by atoms with E-state index in [1.54, 1.807) is 12.1 Å². The van der Waals surface area contributed by atoms with Crippen LogP contribution in [0.1, 0.15) is 36.3 Å². The highest BCUT2D eigenvalue weighted by molar-refractivity contribution is 6.30. The minimum Gasteiger partial charge on any atom is -0.308 e. The first-order valence-electron chi connectivity index (χ1n) is 7.19. The van der Waals surface area contributed by atoms with Crippen molar-refractivity contribution >= 4 is 11.6 Å². The standard InChI is InChI=1S/C16H21ClFN3/c1-4-7-19-15(16-8-11(2)20-21(16)3)10-12-9-13(17)5-6-14(12)18/h5-6,8-9,15,19H,4,7,10H2,1-3H3. The van der Waals surface area contributed by atoms with E-state index in [4.69, 9.17) is 11.6 Å². The molecule has 1 heterocycles. The van der Waals surface area contributed by atoms with Crippen LogP contribution < -0.4 is 5.32 Å². The van der Waals surface area contributed by atoms with Gasteiger partial charge in [0.05, 0.1) is 17.4 Å². The zero-order chi connectivity index (χ0) is 15.4. The number of nitrogens with zero attached hydrogens (tertiary/aromatic N) is 2. The summed E-state index contributed by atoms with van der Waals surface area (Å²) >= 11 is 5.98. The van der Waals surface area contributed by atoms with Crippen LogP contribution >= 0.6 is 11.6 Å². The fourth-order valence-corrected chi connectivity index (χ4v) is 2.67. The summed E-state index contributed by atoms with van der Waals surface area (Å²) in [6.07, 6.45) is 1.57. The Labute approximate surface area is 130 Å². The average Bonchev–Trinajstić information content (AvgIpc) is 2.77. The number of aromatic nitrogens is 2. The van der Waals surface area contributed by atoms with Gasteiger partial charge in [-0.1, -0.05) is 18.5 Å². The fourth-order valence-electron chi connectivity index (χ4n) is 2.48. The molecule has 114 valence electrons. The van der Waals surface area contributed by atoms with Crippen molar-refractivity contribution in [1.29, 1.82) is 0 Å². The Kier molecular flexibility index (Phi) is 5.37. The molecule has 0 saturated carbocycles. The first-order valence-corrected chi connectivity index (χ1v) is 7.57. The second kappa shape index (κ2) is 7.05. The number of hydrogen-bond acceptors (Lipinski definition) is 2. The van der Waals surface area contributed by atoms with E-state index in [0.29, 0.717) is 17.0 Å². The van der Waals surface area contributed by atoms with E-state index in [2.05, 4.69) is 17.3 Å². The van der Waals surface area contributed by atoms with Gasteiger partial charge in [0.1, 0.15) is 5.82 Å².